The zero-order valence-electron chi connectivity index (χ0n) is 14.7. The van der Waals surface area contributed by atoms with Crippen molar-refractivity contribution >= 4 is 17.5 Å². The largest absolute Gasteiger partial charge is 0.354 e. The minimum absolute atomic E-state index is 0.0360. The van der Waals surface area contributed by atoms with Crippen molar-refractivity contribution in [1.29, 1.82) is 0 Å². The molecule has 2 rings (SSSR count). The number of carbonyl (C=O) groups is 1. The van der Waals surface area contributed by atoms with Crippen LogP contribution in [0.3, 0.4) is 0 Å². The molecular formula is C18H25ClN4O. The number of rotatable bonds is 7. The molecule has 130 valence electrons. The van der Waals surface area contributed by atoms with Crippen molar-refractivity contribution in [2.24, 2.45) is 0 Å². The predicted octanol–water partition coefficient (Wildman–Crippen LogP) is 3.03. The van der Waals surface area contributed by atoms with E-state index < -0.39 is 0 Å². The fraction of sp³-hybridized carbons (Fsp3) is 0.444. The molecule has 1 aromatic heterocycles. The number of aryl methyl sites for hydroxylation is 2. The van der Waals surface area contributed by atoms with E-state index in [0.717, 1.165) is 27.5 Å². The van der Waals surface area contributed by atoms with Crippen molar-refractivity contribution in [1.82, 2.24) is 20.4 Å². The molecule has 0 aliphatic rings. The topological polar surface area (TPSA) is 61.0 Å². The predicted molar refractivity (Wildman–Crippen MR) is 97.3 cm³/mol. The summed E-state index contributed by atoms with van der Waals surface area (Å²) in [4.78, 5) is 14.3. The Morgan fingerprint density at radius 2 is 2.04 bits per heavy atom. The molecule has 1 aromatic carbocycles. The van der Waals surface area contributed by atoms with Gasteiger partial charge >= 0.3 is 0 Å². The fourth-order valence-corrected chi connectivity index (χ4v) is 3.06. The number of aromatic amines is 1. The number of hydrogen-bond donors (Lipinski definition) is 2. The average molecular weight is 349 g/mol. The van der Waals surface area contributed by atoms with E-state index in [0.29, 0.717) is 19.4 Å². The molecule has 1 heterocycles. The zero-order valence-corrected chi connectivity index (χ0v) is 15.4. The zero-order chi connectivity index (χ0) is 17.7. The molecule has 0 fully saturated rings. The van der Waals surface area contributed by atoms with Gasteiger partial charge in [-0.05, 0) is 51.6 Å². The highest BCUT2D eigenvalue weighted by atomic mass is 35.5. The van der Waals surface area contributed by atoms with Crippen LogP contribution in [0.15, 0.2) is 24.3 Å². The first kappa shape index (κ1) is 18.5. The number of aromatic nitrogens is 2. The highest BCUT2D eigenvalue weighted by Crippen LogP contribution is 2.25. The van der Waals surface area contributed by atoms with Crippen molar-refractivity contribution in [3.63, 3.8) is 0 Å². The fourth-order valence-electron chi connectivity index (χ4n) is 2.80. The molecule has 0 aliphatic carbocycles. The van der Waals surface area contributed by atoms with E-state index in [1.165, 1.54) is 0 Å². The number of nitrogens with one attached hydrogen (secondary N) is 2. The normalized spacial score (nSPS) is 12.4. The summed E-state index contributed by atoms with van der Waals surface area (Å²) < 4.78 is 0. The summed E-state index contributed by atoms with van der Waals surface area (Å²) in [5.74, 6) is 0.0360. The minimum atomic E-state index is 0.0360. The number of H-pyrrole nitrogens is 1. The Hall–Kier alpha value is -1.85. The summed E-state index contributed by atoms with van der Waals surface area (Å²) in [6, 6.07) is 7.79. The van der Waals surface area contributed by atoms with Crippen molar-refractivity contribution in [3.8, 4) is 0 Å². The molecule has 24 heavy (non-hydrogen) atoms. The molecule has 0 saturated carbocycles. The number of nitrogens with zero attached hydrogens (tertiary/aromatic N) is 2. The molecule has 0 bridgehead atoms. The third-order valence-corrected chi connectivity index (χ3v) is 4.61. The Bertz CT molecular complexity index is 677. The third-order valence-electron chi connectivity index (χ3n) is 4.26. The van der Waals surface area contributed by atoms with Gasteiger partial charge in [-0.25, -0.2) is 0 Å². The quantitative estimate of drug-likeness (QED) is 0.808. The molecule has 0 saturated heterocycles. The van der Waals surface area contributed by atoms with Gasteiger partial charge in [-0.2, -0.15) is 5.10 Å². The van der Waals surface area contributed by atoms with E-state index in [1.54, 1.807) is 0 Å². The molecule has 2 N–H and O–H groups in total. The minimum Gasteiger partial charge on any atom is -0.354 e. The summed E-state index contributed by atoms with van der Waals surface area (Å²) in [5.41, 5.74) is 4.14. The van der Waals surface area contributed by atoms with Gasteiger partial charge in [0.25, 0.3) is 0 Å². The molecular weight excluding hydrogens is 324 g/mol. The number of likely N-dealkylation sites (N-methyl/N-ethyl adjacent to an activating group) is 1. The van der Waals surface area contributed by atoms with E-state index in [1.807, 2.05) is 52.2 Å². The summed E-state index contributed by atoms with van der Waals surface area (Å²) in [6.45, 7) is 4.46. The van der Waals surface area contributed by atoms with E-state index in [4.69, 9.17) is 11.6 Å². The molecule has 1 amide bonds. The van der Waals surface area contributed by atoms with Crippen molar-refractivity contribution in [2.75, 3.05) is 20.6 Å². The van der Waals surface area contributed by atoms with Gasteiger partial charge < -0.3 is 10.2 Å². The first-order chi connectivity index (χ1) is 11.4. The van der Waals surface area contributed by atoms with Gasteiger partial charge in [0.2, 0.25) is 5.91 Å². The van der Waals surface area contributed by atoms with Gasteiger partial charge in [0.1, 0.15) is 0 Å². The van der Waals surface area contributed by atoms with Gasteiger partial charge in [0.15, 0.2) is 0 Å². The molecule has 0 aliphatic heterocycles. The summed E-state index contributed by atoms with van der Waals surface area (Å²) in [7, 11) is 3.97. The second-order valence-electron chi connectivity index (χ2n) is 6.22. The van der Waals surface area contributed by atoms with Crippen molar-refractivity contribution in [2.45, 2.75) is 32.7 Å². The SMILES string of the molecule is Cc1n[nH]c(C)c1CCC(=O)NC[C@@H](c1ccccc1Cl)N(C)C. The van der Waals surface area contributed by atoms with Gasteiger partial charge in [0, 0.05) is 23.7 Å². The third kappa shape index (κ3) is 4.58. The number of amides is 1. The molecule has 0 unspecified atom stereocenters. The van der Waals surface area contributed by atoms with Gasteiger partial charge in [-0.1, -0.05) is 29.8 Å². The molecule has 1 atom stereocenters. The first-order valence-electron chi connectivity index (χ1n) is 8.08. The summed E-state index contributed by atoms with van der Waals surface area (Å²) in [5, 5.41) is 10.9. The van der Waals surface area contributed by atoms with Gasteiger partial charge in [-0.3, -0.25) is 9.89 Å². The second-order valence-corrected chi connectivity index (χ2v) is 6.62. The maximum absolute atomic E-state index is 12.2. The number of carbonyl (C=O) groups excluding carboxylic acids is 1. The highest BCUT2D eigenvalue weighted by Gasteiger charge is 2.18. The van der Waals surface area contributed by atoms with Crippen LogP contribution in [0.1, 0.15) is 35.0 Å². The maximum atomic E-state index is 12.2. The van der Waals surface area contributed by atoms with Crippen molar-refractivity contribution in [3.05, 3.63) is 51.8 Å². The number of halogens is 1. The highest BCUT2D eigenvalue weighted by molar-refractivity contribution is 6.31. The Labute approximate surface area is 148 Å². The average Bonchev–Trinajstić information content (AvgIpc) is 2.85. The van der Waals surface area contributed by atoms with E-state index in [-0.39, 0.29) is 11.9 Å². The standard InChI is InChI=1S/C18H25ClN4O/c1-12-14(13(2)22-21-12)9-10-18(24)20-11-17(23(3)4)15-7-5-6-8-16(15)19/h5-8,17H,9-11H2,1-4H3,(H,20,24)(H,21,22)/t17-/m0/s1. The van der Waals surface area contributed by atoms with Gasteiger partial charge in [-0.15, -0.1) is 0 Å². The molecule has 2 aromatic rings. The number of hydrogen-bond acceptors (Lipinski definition) is 3. The lowest BCUT2D eigenvalue weighted by Crippen LogP contribution is -2.34. The molecule has 6 heteroatoms. The summed E-state index contributed by atoms with van der Waals surface area (Å²) in [6.07, 6.45) is 1.14. The molecule has 5 nitrogen and oxygen atoms in total. The van der Waals surface area contributed by atoms with Gasteiger partial charge in [0.05, 0.1) is 11.7 Å². The van der Waals surface area contributed by atoms with Crippen LogP contribution in [0.5, 0.6) is 0 Å². The van der Waals surface area contributed by atoms with Crippen LogP contribution in [0.4, 0.5) is 0 Å². The van der Waals surface area contributed by atoms with Crippen LogP contribution in [-0.2, 0) is 11.2 Å². The lowest BCUT2D eigenvalue weighted by atomic mass is 10.1. The Morgan fingerprint density at radius 3 is 2.62 bits per heavy atom. The van der Waals surface area contributed by atoms with E-state index >= 15 is 0 Å². The van der Waals surface area contributed by atoms with Crippen LogP contribution in [0, 0.1) is 13.8 Å². The first-order valence-corrected chi connectivity index (χ1v) is 8.46. The summed E-state index contributed by atoms with van der Waals surface area (Å²) >= 11 is 6.29. The Kier molecular flexibility index (Phi) is 6.40. The van der Waals surface area contributed by atoms with Crippen LogP contribution in [-0.4, -0.2) is 41.6 Å². The van der Waals surface area contributed by atoms with Crippen LogP contribution >= 0.6 is 11.6 Å². The lowest BCUT2D eigenvalue weighted by Gasteiger charge is -2.26. The maximum Gasteiger partial charge on any atom is 0.220 e. The van der Waals surface area contributed by atoms with Crippen molar-refractivity contribution < 1.29 is 4.79 Å². The van der Waals surface area contributed by atoms with Crippen LogP contribution in [0.2, 0.25) is 5.02 Å². The monoisotopic (exact) mass is 348 g/mol. The molecule has 0 radical (unpaired) electrons. The molecule has 0 spiro atoms. The smallest absolute Gasteiger partial charge is 0.220 e. The van der Waals surface area contributed by atoms with Crippen LogP contribution < -0.4 is 5.32 Å². The number of benzene rings is 1. The lowest BCUT2D eigenvalue weighted by molar-refractivity contribution is -0.121. The Balaban J connectivity index is 1.92. The second kappa shape index (κ2) is 8.31. The van der Waals surface area contributed by atoms with Crippen LogP contribution in [0.25, 0.3) is 0 Å². The Morgan fingerprint density at radius 1 is 1.33 bits per heavy atom. The van der Waals surface area contributed by atoms with E-state index in [2.05, 4.69) is 20.4 Å². The van der Waals surface area contributed by atoms with E-state index in [9.17, 15) is 4.79 Å².